The monoisotopic (exact) mass is 404 g/mol. The molecular weight excluding hydrogens is 375 g/mol. The van der Waals surface area contributed by atoms with Crippen LogP contribution >= 0.6 is 0 Å². The van der Waals surface area contributed by atoms with Crippen LogP contribution in [0.4, 0.5) is 10.1 Å². The second-order valence-corrected chi connectivity index (χ2v) is 9.32. The average Bonchev–Trinajstić information content (AvgIpc) is 3.17. The van der Waals surface area contributed by atoms with Gasteiger partial charge in [0.25, 0.3) is 10.0 Å². The zero-order chi connectivity index (χ0) is 20.1. The smallest absolute Gasteiger partial charge is 0.261 e. The van der Waals surface area contributed by atoms with E-state index in [1.807, 2.05) is 24.3 Å². The van der Waals surface area contributed by atoms with Crippen molar-refractivity contribution in [3.05, 3.63) is 59.7 Å². The van der Waals surface area contributed by atoms with Gasteiger partial charge in [0, 0.05) is 18.2 Å². The van der Waals surface area contributed by atoms with Gasteiger partial charge >= 0.3 is 0 Å². The predicted octanol–water partition coefficient (Wildman–Crippen LogP) is 4.76. The van der Waals surface area contributed by atoms with Crippen LogP contribution in [0.3, 0.4) is 0 Å². The zero-order valence-corrected chi connectivity index (χ0v) is 17.4. The van der Waals surface area contributed by atoms with E-state index in [1.165, 1.54) is 24.1 Å². The van der Waals surface area contributed by atoms with Gasteiger partial charge in [0.15, 0.2) is 0 Å². The van der Waals surface area contributed by atoms with E-state index in [0.717, 1.165) is 31.6 Å². The number of likely N-dealkylation sites (tertiary alicyclic amines) is 1. The molecule has 2 aromatic carbocycles. The molecule has 0 saturated carbocycles. The first-order chi connectivity index (χ1) is 13.4. The van der Waals surface area contributed by atoms with Crippen molar-refractivity contribution in [2.75, 3.05) is 31.0 Å². The molecule has 28 heavy (non-hydrogen) atoms. The molecule has 0 aliphatic carbocycles. The molecule has 2 atom stereocenters. The molecule has 4 nitrogen and oxygen atoms in total. The number of rotatable bonds is 8. The van der Waals surface area contributed by atoms with Gasteiger partial charge in [-0.15, -0.1) is 0 Å². The number of hydrogen-bond donors (Lipinski definition) is 1. The van der Waals surface area contributed by atoms with Crippen LogP contribution in [0.25, 0.3) is 0 Å². The highest BCUT2D eigenvalue weighted by atomic mass is 32.2. The Labute approximate surface area is 167 Å². The van der Waals surface area contributed by atoms with Crippen LogP contribution < -0.4 is 4.72 Å². The molecule has 3 rings (SSSR count). The van der Waals surface area contributed by atoms with Crippen molar-refractivity contribution in [1.29, 1.82) is 0 Å². The molecule has 0 bridgehead atoms. The molecule has 1 fully saturated rings. The number of nitrogens with one attached hydrogen (secondary N) is 1. The third kappa shape index (κ3) is 4.92. The number of alkyl halides is 1. The summed E-state index contributed by atoms with van der Waals surface area (Å²) < 4.78 is 40.6. The minimum absolute atomic E-state index is 0.178. The van der Waals surface area contributed by atoms with Crippen molar-refractivity contribution in [3.8, 4) is 0 Å². The Morgan fingerprint density at radius 2 is 1.82 bits per heavy atom. The topological polar surface area (TPSA) is 49.4 Å². The third-order valence-electron chi connectivity index (χ3n) is 5.44. The lowest BCUT2D eigenvalue weighted by Crippen LogP contribution is -2.20. The highest BCUT2D eigenvalue weighted by molar-refractivity contribution is 7.92. The highest BCUT2D eigenvalue weighted by Gasteiger charge is 2.23. The van der Waals surface area contributed by atoms with Crippen molar-refractivity contribution in [2.45, 2.75) is 43.4 Å². The first-order valence-electron chi connectivity index (χ1n) is 9.94. The quantitative estimate of drug-likeness (QED) is 0.690. The van der Waals surface area contributed by atoms with Gasteiger partial charge in [0.2, 0.25) is 0 Å². The van der Waals surface area contributed by atoms with Crippen LogP contribution in [-0.2, 0) is 10.0 Å². The summed E-state index contributed by atoms with van der Waals surface area (Å²) >= 11 is 0. The zero-order valence-electron chi connectivity index (χ0n) is 16.6. The first kappa shape index (κ1) is 20.8. The summed E-state index contributed by atoms with van der Waals surface area (Å²) in [6.45, 7) is 6.84. The van der Waals surface area contributed by atoms with E-state index >= 15 is 0 Å². The van der Waals surface area contributed by atoms with Gasteiger partial charge in [-0.05, 0) is 67.2 Å². The maximum atomic E-state index is 12.8. The Bertz CT molecular complexity index is 866. The van der Waals surface area contributed by atoms with E-state index in [-0.39, 0.29) is 10.8 Å². The van der Waals surface area contributed by atoms with E-state index in [0.29, 0.717) is 11.6 Å². The van der Waals surface area contributed by atoms with Crippen molar-refractivity contribution in [1.82, 2.24) is 4.90 Å². The van der Waals surface area contributed by atoms with E-state index in [1.54, 1.807) is 19.1 Å². The summed E-state index contributed by atoms with van der Waals surface area (Å²) in [4.78, 5) is 2.66. The Hall–Kier alpha value is -1.92. The molecule has 1 N–H and O–H groups in total. The van der Waals surface area contributed by atoms with Gasteiger partial charge in [-0.25, -0.2) is 8.42 Å². The fourth-order valence-corrected chi connectivity index (χ4v) is 4.78. The fourth-order valence-electron chi connectivity index (χ4n) is 3.73. The number of nitrogens with zero attached hydrogens (tertiary/aromatic N) is 1. The van der Waals surface area contributed by atoms with E-state index in [2.05, 4.69) is 16.5 Å². The number of hydrogen-bond acceptors (Lipinski definition) is 3. The van der Waals surface area contributed by atoms with Crippen LogP contribution in [0.15, 0.2) is 53.4 Å². The Balaban J connectivity index is 1.66. The van der Waals surface area contributed by atoms with Crippen LogP contribution in [0.5, 0.6) is 0 Å². The van der Waals surface area contributed by atoms with Crippen molar-refractivity contribution in [3.63, 3.8) is 0 Å². The minimum Gasteiger partial charge on any atom is -0.303 e. The molecule has 6 heteroatoms. The molecule has 1 saturated heterocycles. The van der Waals surface area contributed by atoms with Gasteiger partial charge < -0.3 is 4.90 Å². The number of anilines is 1. The van der Waals surface area contributed by atoms with Crippen LogP contribution in [-0.4, -0.2) is 39.6 Å². The Morgan fingerprint density at radius 1 is 1.14 bits per heavy atom. The molecule has 0 aromatic heterocycles. The number of sulfonamides is 1. The van der Waals surface area contributed by atoms with Crippen molar-refractivity contribution < 1.29 is 12.8 Å². The molecular formula is C22H29FN2O2S. The van der Waals surface area contributed by atoms with E-state index in [4.69, 9.17) is 0 Å². The Morgan fingerprint density at radius 3 is 2.43 bits per heavy atom. The van der Waals surface area contributed by atoms with Crippen LogP contribution in [0.2, 0.25) is 0 Å². The molecule has 1 heterocycles. The summed E-state index contributed by atoms with van der Waals surface area (Å²) in [5, 5.41) is 0. The average molecular weight is 405 g/mol. The summed E-state index contributed by atoms with van der Waals surface area (Å²) in [5.41, 5.74) is 2.60. The normalized spacial score (nSPS) is 18.9. The summed E-state index contributed by atoms with van der Waals surface area (Å²) in [5.74, 6) is 0.281. The summed E-state index contributed by atoms with van der Waals surface area (Å²) in [6.07, 6.45) is 2.32. The lowest BCUT2D eigenvalue weighted by Gasteiger charge is -2.15. The van der Waals surface area contributed by atoms with Gasteiger partial charge in [-0.1, -0.05) is 38.1 Å². The number of benzene rings is 2. The first-order valence-corrected chi connectivity index (χ1v) is 11.4. The molecule has 0 spiro atoms. The highest BCUT2D eigenvalue weighted by Crippen LogP contribution is 2.28. The number of halogens is 1. The van der Waals surface area contributed by atoms with Gasteiger partial charge in [0.05, 0.1) is 11.6 Å². The fraction of sp³-hybridized carbons (Fsp3) is 0.455. The van der Waals surface area contributed by atoms with E-state index < -0.39 is 16.7 Å². The molecule has 2 aromatic rings. The van der Waals surface area contributed by atoms with Gasteiger partial charge in [0.1, 0.15) is 0 Å². The molecule has 0 unspecified atom stereocenters. The molecule has 152 valence electrons. The van der Waals surface area contributed by atoms with Gasteiger partial charge in [-0.2, -0.15) is 0 Å². The van der Waals surface area contributed by atoms with Crippen molar-refractivity contribution in [2.24, 2.45) is 0 Å². The Kier molecular flexibility index (Phi) is 6.73. The molecule has 0 amide bonds. The standard InChI is InChI=1S/C22H29FN2O2S/c1-3-13-25-14-12-20(16-25)19-4-8-21(9-5-19)24-28(26,27)22-10-6-18(7-11-22)17(2)15-23/h4-11,17,20,24H,3,12-16H2,1-2H3/t17-,20+/m0/s1. The summed E-state index contributed by atoms with van der Waals surface area (Å²) in [7, 11) is -3.66. The summed E-state index contributed by atoms with van der Waals surface area (Å²) in [6, 6.07) is 14.1. The SMILES string of the molecule is CCCN1CC[C@@H](c2ccc(NS(=O)(=O)c3ccc([C@@H](C)CF)cc3)cc2)C1. The maximum Gasteiger partial charge on any atom is 0.261 e. The third-order valence-corrected chi connectivity index (χ3v) is 6.83. The second kappa shape index (κ2) is 9.05. The van der Waals surface area contributed by atoms with Crippen LogP contribution in [0.1, 0.15) is 49.7 Å². The van der Waals surface area contributed by atoms with Gasteiger partial charge in [-0.3, -0.25) is 9.11 Å². The molecule has 0 radical (unpaired) electrons. The maximum absolute atomic E-state index is 12.8. The lowest BCUT2D eigenvalue weighted by molar-refractivity contribution is 0.335. The largest absolute Gasteiger partial charge is 0.303 e. The minimum atomic E-state index is -3.66. The molecule has 1 aliphatic heterocycles. The van der Waals surface area contributed by atoms with E-state index in [9.17, 15) is 12.8 Å². The molecule has 1 aliphatic rings. The second-order valence-electron chi connectivity index (χ2n) is 7.64. The van der Waals surface area contributed by atoms with Crippen LogP contribution in [0, 0.1) is 0 Å². The lowest BCUT2D eigenvalue weighted by atomic mass is 9.98. The van der Waals surface area contributed by atoms with Crippen molar-refractivity contribution >= 4 is 15.7 Å². The predicted molar refractivity (Wildman–Crippen MR) is 112 cm³/mol.